The van der Waals surface area contributed by atoms with Gasteiger partial charge in [0, 0.05) is 0 Å². The number of ether oxygens (including phenoxy) is 1. The third-order valence-electron chi connectivity index (χ3n) is 3.71. The molecule has 96 valence electrons. The van der Waals surface area contributed by atoms with Gasteiger partial charge in [-0.1, -0.05) is 6.07 Å². The first-order valence-corrected chi connectivity index (χ1v) is 6.18. The van der Waals surface area contributed by atoms with Crippen LogP contribution >= 0.6 is 0 Å². The summed E-state index contributed by atoms with van der Waals surface area (Å²) in [4.78, 5) is 23.2. The Morgan fingerprint density at radius 3 is 2.84 bits per heavy atom. The van der Waals surface area contributed by atoms with Gasteiger partial charge in [0.25, 0.3) is 0 Å². The van der Waals surface area contributed by atoms with Crippen LogP contribution in [0.1, 0.15) is 24.8 Å². The second kappa shape index (κ2) is 4.44. The van der Waals surface area contributed by atoms with E-state index >= 15 is 0 Å². The molecule has 2 aromatic rings. The number of rotatable bonds is 3. The maximum Gasteiger partial charge on any atom is 0.235 e. The minimum Gasteiger partial charge on any atom is -0.480 e. The molecule has 1 fully saturated rings. The number of aromatic nitrogens is 2. The summed E-state index contributed by atoms with van der Waals surface area (Å²) in [5.74, 6) is 0.490. The molecule has 1 aromatic carbocycles. The lowest BCUT2D eigenvalue weighted by molar-refractivity contribution is 0.256. The molecule has 0 atom stereocenters. The Balaban J connectivity index is 2.09. The summed E-state index contributed by atoms with van der Waals surface area (Å²) in [5.41, 5.74) is 2.17. The van der Waals surface area contributed by atoms with Crippen LogP contribution in [0.15, 0.2) is 29.4 Å². The summed E-state index contributed by atoms with van der Waals surface area (Å²) < 4.78 is 5.05. The second-order valence-corrected chi connectivity index (χ2v) is 4.70. The van der Waals surface area contributed by atoms with Crippen LogP contribution in [0.2, 0.25) is 0 Å². The van der Waals surface area contributed by atoms with Crippen molar-refractivity contribution in [2.24, 2.45) is 4.99 Å². The van der Waals surface area contributed by atoms with E-state index in [1.165, 1.54) is 0 Å². The van der Waals surface area contributed by atoms with Gasteiger partial charge < -0.3 is 4.74 Å². The zero-order chi connectivity index (χ0) is 13.3. The molecule has 0 spiro atoms. The van der Waals surface area contributed by atoms with Gasteiger partial charge in [-0.3, -0.25) is 0 Å². The van der Waals surface area contributed by atoms with E-state index in [0.29, 0.717) is 5.88 Å². The SMILES string of the molecule is COc1cnc2cc(C3(N=C=O)CCC3)ccc2n1. The first-order valence-electron chi connectivity index (χ1n) is 6.18. The largest absolute Gasteiger partial charge is 0.480 e. The second-order valence-electron chi connectivity index (χ2n) is 4.70. The van der Waals surface area contributed by atoms with E-state index in [9.17, 15) is 4.79 Å². The molecule has 0 radical (unpaired) electrons. The quantitative estimate of drug-likeness (QED) is 0.623. The predicted octanol–water partition coefficient (Wildman–Crippen LogP) is 2.35. The maximum absolute atomic E-state index is 10.6. The molecule has 5 nitrogen and oxygen atoms in total. The molecular formula is C14H13N3O2. The molecule has 0 amide bonds. The number of nitrogens with zero attached hydrogens (tertiary/aromatic N) is 3. The number of hydrogen-bond donors (Lipinski definition) is 0. The first kappa shape index (κ1) is 11.8. The lowest BCUT2D eigenvalue weighted by atomic mass is 9.72. The van der Waals surface area contributed by atoms with Crippen molar-refractivity contribution >= 4 is 17.1 Å². The summed E-state index contributed by atoms with van der Waals surface area (Å²) >= 11 is 0. The molecule has 0 N–H and O–H groups in total. The van der Waals surface area contributed by atoms with Gasteiger partial charge in [-0.15, -0.1) is 0 Å². The summed E-state index contributed by atoms with van der Waals surface area (Å²) in [6.07, 6.45) is 6.13. The molecule has 0 unspecified atom stereocenters. The van der Waals surface area contributed by atoms with Crippen LogP contribution in [0.3, 0.4) is 0 Å². The highest BCUT2D eigenvalue weighted by Crippen LogP contribution is 2.45. The molecule has 3 rings (SSSR count). The minimum atomic E-state index is -0.391. The van der Waals surface area contributed by atoms with E-state index < -0.39 is 5.54 Å². The van der Waals surface area contributed by atoms with Crippen LogP contribution in [-0.4, -0.2) is 23.2 Å². The van der Waals surface area contributed by atoms with Crippen molar-refractivity contribution in [1.29, 1.82) is 0 Å². The van der Waals surface area contributed by atoms with E-state index in [4.69, 9.17) is 4.74 Å². The van der Waals surface area contributed by atoms with Gasteiger partial charge in [0.2, 0.25) is 12.0 Å². The number of aliphatic imine (C=N–C) groups is 1. The Morgan fingerprint density at radius 1 is 1.37 bits per heavy atom. The Bertz CT molecular complexity index is 673. The topological polar surface area (TPSA) is 64.4 Å². The van der Waals surface area contributed by atoms with Gasteiger partial charge >= 0.3 is 0 Å². The molecule has 0 aliphatic heterocycles. The fourth-order valence-corrected chi connectivity index (χ4v) is 2.45. The molecule has 1 aliphatic carbocycles. The van der Waals surface area contributed by atoms with Gasteiger partial charge in [-0.2, -0.15) is 4.99 Å². The maximum atomic E-state index is 10.6. The zero-order valence-corrected chi connectivity index (χ0v) is 10.6. The number of carbonyl (C=O) groups excluding carboxylic acids is 1. The van der Waals surface area contributed by atoms with Crippen LogP contribution in [-0.2, 0) is 10.3 Å². The van der Waals surface area contributed by atoms with E-state index in [-0.39, 0.29) is 0 Å². The van der Waals surface area contributed by atoms with Gasteiger partial charge in [0.1, 0.15) is 0 Å². The Hall–Kier alpha value is -2.26. The third-order valence-corrected chi connectivity index (χ3v) is 3.71. The fourth-order valence-electron chi connectivity index (χ4n) is 2.45. The normalized spacial score (nSPS) is 16.5. The first-order chi connectivity index (χ1) is 9.27. The van der Waals surface area contributed by atoms with E-state index in [1.54, 1.807) is 19.4 Å². The Labute approximate surface area is 110 Å². The zero-order valence-electron chi connectivity index (χ0n) is 10.6. The van der Waals surface area contributed by atoms with Crippen molar-refractivity contribution in [3.8, 4) is 5.88 Å². The van der Waals surface area contributed by atoms with Crippen molar-refractivity contribution in [2.75, 3.05) is 7.11 Å². The molecule has 0 bridgehead atoms. The Kier molecular flexibility index (Phi) is 2.76. The standard InChI is InChI=1S/C14H13N3O2/c1-19-13-8-15-12-7-10(3-4-11(12)17-13)14(16-9-18)5-2-6-14/h3-4,7-8H,2,5-6H2,1H3. The summed E-state index contributed by atoms with van der Waals surface area (Å²) in [6, 6.07) is 5.79. The highest BCUT2D eigenvalue weighted by molar-refractivity contribution is 5.75. The molecule has 0 saturated heterocycles. The van der Waals surface area contributed by atoms with Crippen LogP contribution < -0.4 is 4.74 Å². The minimum absolute atomic E-state index is 0.391. The number of hydrogen-bond acceptors (Lipinski definition) is 5. The monoisotopic (exact) mass is 255 g/mol. The molecule has 1 saturated carbocycles. The average molecular weight is 255 g/mol. The number of isocyanates is 1. The molecule has 19 heavy (non-hydrogen) atoms. The summed E-state index contributed by atoms with van der Waals surface area (Å²) in [6.45, 7) is 0. The average Bonchev–Trinajstić information content (AvgIpc) is 2.41. The summed E-state index contributed by atoms with van der Waals surface area (Å²) in [7, 11) is 1.56. The van der Waals surface area contributed by atoms with Crippen molar-refractivity contribution in [1.82, 2.24) is 9.97 Å². The highest BCUT2D eigenvalue weighted by Gasteiger charge is 2.38. The van der Waals surface area contributed by atoms with Crippen molar-refractivity contribution in [3.05, 3.63) is 30.0 Å². The molecular weight excluding hydrogens is 242 g/mol. The highest BCUT2D eigenvalue weighted by atomic mass is 16.5. The number of benzene rings is 1. The molecule has 1 aromatic heterocycles. The fraction of sp³-hybridized carbons (Fsp3) is 0.357. The number of methoxy groups -OCH3 is 1. The van der Waals surface area contributed by atoms with E-state index in [0.717, 1.165) is 35.9 Å². The molecule has 1 aliphatic rings. The van der Waals surface area contributed by atoms with Crippen LogP contribution in [0.25, 0.3) is 11.0 Å². The lowest BCUT2D eigenvalue weighted by Gasteiger charge is -2.37. The Morgan fingerprint density at radius 2 is 2.21 bits per heavy atom. The van der Waals surface area contributed by atoms with E-state index in [1.807, 2.05) is 18.2 Å². The smallest absolute Gasteiger partial charge is 0.235 e. The van der Waals surface area contributed by atoms with Crippen molar-refractivity contribution in [2.45, 2.75) is 24.8 Å². The van der Waals surface area contributed by atoms with Gasteiger partial charge in [-0.05, 0) is 37.0 Å². The van der Waals surface area contributed by atoms with Crippen LogP contribution in [0.5, 0.6) is 5.88 Å². The van der Waals surface area contributed by atoms with Gasteiger partial charge in [0.05, 0.1) is 29.9 Å². The van der Waals surface area contributed by atoms with Crippen molar-refractivity contribution in [3.63, 3.8) is 0 Å². The van der Waals surface area contributed by atoms with Crippen molar-refractivity contribution < 1.29 is 9.53 Å². The molecule has 1 heterocycles. The summed E-state index contributed by atoms with van der Waals surface area (Å²) in [5, 5.41) is 0. The predicted molar refractivity (Wildman–Crippen MR) is 69.7 cm³/mol. The lowest BCUT2D eigenvalue weighted by Crippen LogP contribution is -2.31. The van der Waals surface area contributed by atoms with Crippen LogP contribution in [0, 0.1) is 0 Å². The third kappa shape index (κ3) is 1.88. The van der Waals surface area contributed by atoms with Gasteiger partial charge in [0.15, 0.2) is 0 Å². The van der Waals surface area contributed by atoms with Crippen LogP contribution in [0.4, 0.5) is 0 Å². The molecule has 5 heteroatoms. The van der Waals surface area contributed by atoms with Gasteiger partial charge in [-0.25, -0.2) is 14.8 Å². The van der Waals surface area contributed by atoms with E-state index in [2.05, 4.69) is 15.0 Å². The number of fused-ring (bicyclic) bond motifs is 1.